The zero-order valence-corrected chi connectivity index (χ0v) is 19.4. The first-order valence-electron chi connectivity index (χ1n) is 12.2. The number of carbonyl (C=O) groups excluding carboxylic acids is 1. The molecule has 3 N–H and O–H groups in total. The Bertz CT molecular complexity index is 1500. The number of amides is 1. The second-order valence-electron chi connectivity index (χ2n) is 9.87. The minimum atomic E-state index is -0.0808. The van der Waals surface area contributed by atoms with E-state index < -0.39 is 0 Å². The number of fused-ring (bicyclic) bond motifs is 3. The highest BCUT2D eigenvalue weighted by molar-refractivity contribution is 5.91. The maximum absolute atomic E-state index is 13.1. The van der Waals surface area contributed by atoms with E-state index in [-0.39, 0.29) is 29.7 Å². The standard InChI is InChI=1S/C24H23N11O/c25-7-18-27-8-14(9-28-18)17-10-31-35-21(26)19(12-1-2-12)20(32-23(17)35)13-5-15-3-4-16(6-13)34(15)24(36)22-29-11-30-33-22/h8-13,15-16H,1-6,26H2,(H,29,30,33)/t13?,15-,16+. The fourth-order valence-electron chi connectivity index (χ4n) is 6.04. The van der Waals surface area contributed by atoms with Crippen molar-refractivity contribution >= 4 is 17.4 Å². The number of hydrogen-bond acceptors (Lipinski definition) is 9. The van der Waals surface area contributed by atoms with Gasteiger partial charge in [-0.15, -0.1) is 0 Å². The summed E-state index contributed by atoms with van der Waals surface area (Å²) in [5.41, 5.74) is 11.0. The van der Waals surface area contributed by atoms with Gasteiger partial charge in [0.2, 0.25) is 11.6 Å². The molecular formula is C24H23N11O. The summed E-state index contributed by atoms with van der Waals surface area (Å²) in [5.74, 6) is 1.55. The average Bonchev–Trinajstić information content (AvgIpc) is 3.30. The molecule has 36 heavy (non-hydrogen) atoms. The SMILES string of the molecule is N#Cc1ncc(-c2cnn3c(N)c(C4CC4)c(C4C[C@H]5CC[C@@H](C4)N5C(=O)c4ncn[nH]4)nc23)cn1. The summed E-state index contributed by atoms with van der Waals surface area (Å²) in [6, 6.07) is 2.21. The highest BCUT2D eigenvalue weighted by atomic mass is 16.2. The van der Waals surface area contributed by atoms with E-state index in [0.29, 0.717) is 23.2 Å². The second-order valence-corrected chi connectivity index (χ2v) is 9.87. The lowest BCUT2D eigenvalue weighted by Crippen LogP contribution is -2.46. The summed E-state index contributed by atoms with van der Waals surface area (Å²) >= 11 is 0. The van der Waals surface area contributed by atoms with Gasteiger partial charge in [-0.25, -0.2) is 19.9 Å². The maximum atomic E-state index is 13.1. The Morgan fingerprint density at radius 3 is 2.44 bits per heavy atom. The van der Waals surface area contributed by atoms with Crippen molar-refractivity contribution in [1.82, 2.24) is 44.6 Å². The summed E-state index contributed by atoms with van der Waals surface area (Å²) in [6.45, 7) is 0. The normalized spacial score (nSPS) is 23.2. The van der Waals surface area contributed by atoms with Gasteiger partial charge in [0, 0.05) is 47.1 Å². The quantitative estimate of drug-likeness (QED) is 0.444. The number of nitrogens with two attached hydrogens (primary N) is 1. The average molecular weight is 482 g/mol. The number of carbonyl (C=O) groups is 1. The molecule has 3 atom stereocenters. The van der Waals surface area contributed by atoms with Gasteiger partial charge in [-0.05, 0) is 44.4 Å². The number of aromatic nitrogens is 8. The molecule has 12 heteroatoms. The number of nitriles is 1. The highest BCUT2D eigenvalue weighted by Gasteiger charge is 2.46. The molecule has 7 rings (SSSR count). The largest absolute Gasteiger partial charge is 0.383 e. The molecule has 2 aliphatic heterocycles. The molecule has 4 aromatic heterocycles. The monoisotopic (exact) mass is 481 g/mol. The molecule has 12 nitrogen and oxygen atoms in total. The van der Waals surface area contributed by atoms with Crippen molar-refractivity contribution in [3.8, 4) is 17.2 Å². The van der Waals surface area contributed by atoms with Crippen LogP contribution >= 0.6 is 0 Å². The molecule has 4 aromatic rings. The summed E-state index contributed by atoms with van der Waals surface area (Å²) in [7, 11) is 0. The van der Waals surface area contributed by atoms with Crippen LogP contribution in [0.2, 0.25) is 0 Å². The Morgan fingerprint density at radius 2 is 1.81 bits per heavy atom. The van der Waals surface area contributed by atoms with E-state index in [9.17, 15) is 4.79 Å². The molecule has 0 aromatic carbocycles. The van der Waals surface area contributed by atoms with E-state index in [1.54, 1.807) is 23.1 Å². The molecule has 6 heterocycles. The molecule has 2 bridgehead atoms. The van der Waals surface area contributed by atoms with Gasteiger partial charge in [-0.2, -0.15) is 20.0 Å². The Balaban J connectivity index is 1.28. The van der Waals surface area contributed by atoms with Gasteiger partial charge >= 0.3 is 0 Å². The van der Waals surface area contributed by atoms with Gasteiger partial charge < -0.3 is 10.6 Å². The number of nitrogens with one attached hydrogen (secondary N) is 1. The summed E-state index contributed by atoms with van der Waals surface area (Å²) in [6.07, 6.45) is 12.1. The lowest BCUT2D eigenvalue weighted by atomic mass is 9.85. The second kappa shape index (κ2) is 7.81. The van der Waals surface area contributed by atoms with Crippen molar-refractivity contribution in [3.05, 3.63) is 47.8 Å². The van der Waals surface area contributed by atoms with Crippen LogP contribution in [-0.2, 0) is 0 Å². The van der Waals surface area contributed by atoms with Gasteiger partial charge in [-0.3, -0.25) is 9.89 Å². The van der Waals surface area contributed by atoms with Crippen LogP contribution in [0.25, 0.3) is 16.8 Å². The number of hydrogen-bond donors (Lipinski definition) is 2. The van der Waals surface area contributed by atoms with Gasteiger partial charge in [-0.1, -0.05) is 0 Å². The topological polar surface area (TPSA) is 168 Å². The zero-order valence-electron chi connectivity index (χ0n) is 19.4. The third-order valence-electron chi connectivity index (χ3n) is 7.77. The first kappa shape index (κ1) is 20.9. The van der Waals surface area contributed by atoms with E-state index in [4.69, 9.17) is 16.0 Å². The molecule has 1 saturated carbocycles. The van der Waals surface area contributed by atoms with Crippen LogP contribution in [0, 0.1) is 11.3 Å². The summed E-state index contributed by atoms with van der Waals surface area (Å²) < 4.78 is 1.71. The van der Waals surface area contributed by atoms with E-state index in [1.807, 2.05) is 11.0 Å². The smallest absolute Gasteiger partial charge is 0.291 e. The van der Waals surface area contributed by atoms with Crippen LogP contribution in [0.3, 0.4) is 0 Å². The van der Waals surface area contributed by atoms with Crippen molar-refractivity contribution in [2.75, 3.05) is 5.73 Å². The Labute approximate surface area is 205 Å². The fraction of sp³-hybridized carbons (Fsp3) is 0.417. The minimum Gasteiger partial charge on any atom is -0.383 e. The first-order chi connectivity index (χ1) is 17.6. The predicted octanol–water partition coefficient (Wildman–Crippen LogP) is 2.19. The van der Waals surface area contributed by atoms with Crippen LogP contribution in [0.5, 0.6) is 0 Å². The first-order valence-corrected chi connectivity index (χ1v) is 12.2. The Kier molecular flexibility index (Phi) is 4.54. The van der Waals surface area contributed by atoms with Crippen molar-refractivity contribution < 1.29 is 4.79 Å². The number of piperidine rings is 1. The number of rotatable bonds is 4. The molecular weight excluding hydrogens is 458 g/mol. The van der Waals surface area contributed by atoms with E-state index >= 15 is 0 Å². The zero-order chi connectivity index (χ0) is 24.4. The number of anilines is 1. The number of nitrogens with zero attached hydrogens (tertiary/aromatic N) is 9. The van der Waals surface area contributed by atoms with Gasteiger partial charge in [0.05, 0.1) is 11.9 Å². The predicted molar refractivity (Wildman–Crippen MR) is 126 cm³/mol. The van der Waals surface area contributed by atoms with E-state index in [2.05, 4.69) is 30.2 Å². The van der Waals surface area contributed by atoms with E-state index in [1.165, 1.54) is 6.33 Å². The van der Waals surface area contributed by atoms with Crippen LogP contribution in [0.1, 0.15) is 78.1 Å². The van der Waals surface area contributed by atoms with Gasteiger partial charge in [0.1, 0.15) is 18.2 Å². The molecule has 1 amide bonds. The molecule has 2 saturated heterocycles. The Morgan fingerprint density at radius 1 is 1.06 bits per heavy atom. The van der Waals surface area contributed by atoms with Crippen molar-refractivity contribution in [2.24, 2.45) is 0 Å². The maximum Gasteiger partial charge on any atom is 0.291 e. The van der Waals surface area contributed by atoms with Crippen LogP contribution in [0.15, 0.2) is 24.9 Å². The fourth-order valence-corrected chi connectivity index (χ4v) is 6.04. The molecule has 0 radical (unpaired) electrons. The molecule has 3 aliphatic rings. The van der Waals surface area contributed by atoms with Gasteiger partial charge in [0.25, 0.3) is 5.91 Å². The van der Waals surface area contributed by atoms with Crippen molar-refractivity contribution in [3.63, 3.8) is 0 Å². The highest BCUT2D eigenvalue weighted by Crippen LogP contribution is 2.50. The third kappa shape index (κ3) is 3.16. The third-order valence-corrected chi connectivity index (χ3v) is 7.77. The molecule has 0 spiro atoms. The van der Waals surface area contributed by atoms with Gasteiger partial charge in [0.15, 0.2) is 5.65 Å². The Hall–Kier alpha value is -4.40. The summed E-state index contributed by atoms with van der Waals surface area (Å²) in [4.78, 5) is 32.6. The molecule has 1 aliphatic carbocycles. The molecule has 1 unspecified atom stereocenters. The van der Waals surface area contributed by atoms with Crippen molar-refractivity contribution in [1.29, 1.82) is 5.26 Å². The molecule has 180 valence electrons. The number of nitrogen functional groups attached to an aromatic ring is 1. The lowest BCUT2D eigenvalue weighted by Gasteiger charge is -2.39. The number of aromatic amines is 1. The minimum absolute atomic E-state index is 0.0808. The van der Waals surface area contributed by atoms with Crippen molar-refractivity contribution in [2.45, 2.75) is 62.4 Å². The molecule has 3 fully saturated rings. The lowest BCUT2D eigenvalue weighted by molar-refractivity contribution is 0.0557. The van der Waals surface area contributed by atoms with Crippen LogP contribution in [0.4, 0.5) is 5.82 Å². The van der Waals surface area contributed by atoms with Crippen LogP contribution < -0.4 is 5.73 Å². The van der Waals surface area contributed by atoms with E-state index in [0.717, 1.165) is 60.9 Å². The number of H-pyrrole nitrogens is 1. The van der Waals surface area contributed by atoms with Crippen LogP contribution in [-0.4, -0.2) is 62.6 Å². The summed E-state index contributed by atoms with van der Waals surface area (Å²) in [5, 5.41) is 20.1.